The van der Waals surface area contributed by atoms with Crippen LogP contribution >= 0.6 is 23.2 Å². The molecule has 1 amide bonds. The third-order valence-corrected chi connectivity index (χ3v) is 2.30. The van der Waals surface area contributed by atoms with Gasteiger partial charge in [0.1, 0.15) is 0 Å². The van der Waals surface area contributed by atoms with Gasteiger partial charge in [0.25, 0.3) is 0 Å². The van der Waals surface area contributed by atoms with Crippen LogP contribution in [0.15, 0.2) is 30.4 Å². The van der Waals surface area contributed by atoms with Gasteiger partial charge in [-0.15, -0.1) is 0 Å². The molecule has 0 heterocycles. The Kier molecular flexibility index (Phi) is 4.34. The number of anilines is 1. The molecule has 4 nitrogen and oxygen atoms in total. The number of hydrogen-bond donors (Lipinski definition) is 2. The summed E-state index contributed by atoms with van der Waals surface area (Å²) < 4.78 is 0. The maximum Gasteiger partial charge on any atom is 0.328 e. The van der Waals surface area contributed by atoms with Gasteiger partial charge in [0.15, 0.2) is 0 Å². The first-order valence-electron chi connectivity index (χ1n) is 4.16. The van der Waals surface area contributed by atoms with Crippen LogP contribution < -0.4 is 5.32 Å². The van der Waals surface area contributed by atoms with Crippen LogP contribution in [0.5, 0.6) is 0 Å². The lowest BCUT2D eigenvalue weighted by Crippen LogP contribution is -2.08. The van der Waals surface area contributed by atoms with Crippen LogP contribution in [0.25, 0.3) is 0 Å². The lowest BCUT2D eigenvalue weighted by atomic mass is 10.3. The van der Waals surface area contributed by atoms with Crippen molar-refractivity contribution in [3.8, 4) is 0 Å². The molecule has 1 rings (SSSR count). The Balaban J connectivity index is 2.70. The first-order chi connectivity index (χ1) is 7.49. The molecular weight excluding hydrogens is 253 g/mol. The zero-order chi connectivity index (χ0) is 12.1. The van der Waals surface area contributed by atoms with Gasteiger partial charge in [-0.05, 0) is 18.2 Å². The summed E-state index contributed by atoms with van der Waals surface area (Å²) in [6.07, 6.45) is 1.65. The Bertz CT molecular complexity index is 457. The fraction of sp³-hybridized carbons (Fsp3) is 0. The topological polar surface area (TPSA) is 66.4 Å². The van der Waals surface area contributed by atoms with Gasteiger partial charge in [0.05, 0.1) is 10.0 Å². The van der Waals surface area contributed by atoms with Crippen LogP contribution in [0.4, 0.5) is 5.69 Å². The second-order valence-corrected chi connectivity index (χ2v) is 3.60. The number of carbonyl (C=O) groups is 2. The second-order valence-electron chi connectivity index (χ2n) is 2.79. The number of carbonyl (C=O) groups excluding carboxylic acids is 1. The molecule has 0 aliphatic rings. The van der Waals surface area contributed by atoms with Crippen molar-refractivity contribution in [3.05, 3.63) is 40.4 Å². The summed E-state index contributed by atoms with van der Waals surface area (Å²) in [5.41, 5.74) is 0.439. The predicted octanol–water partition coefficient (Wildman–Crippen LogP) is 2.57. The Morgan fingerprint density at radius 2 is 1.88 bits per heavy atom. The minimum atomic E-state index is -1.19. The van der Waals surface area contributed by atoms with Crippen LogP contribution in [-0.2, 0) is 9.59 Å². The minimum absolute atomic E-state index is 0.307. The number of rotatable bonds is 3. The van der Waals surface area contributed by atoms with Gasteiger partial charge in [-0.25, -0.2) is 4.79 Å². The SMILES string of the molecule is O=C(O)C=CC(=O)Nc1ccc(Cl)c(Cl)c1. The molecule has 16 heavy (non-hydrogen) atoms. The molecular formula is C10H7Cl2NO3. The maximum absolute atomic E-state index is 11.2. The Labute approximate surface area is 101 Å². The molecule has 0 spiro atoms. The Morgan fingerprint density at radius 1 is 1.19 bits per heavy atom. The normalized spacial score (nSPS) is 10.4. The van der Waals surface area contributed by atoms with Gasteiger partial charge in [-0.1, -0.05) is 23.2 Å². The number of amides is 1. The van der Waals surface area contributed by atoms with E-state index in [1.807, 2.05) is 0 Å². The van der Waals surface area contributed by atoms with Crippen LogP contribution in [-0.4, -0.2) is 17.0 Å². The van der Waals surface area contributed by atoms with E-state index < -0.39 is 11.9 Å². The van der Waals surface area contributed by atoms with Crippen LogP contribution in [0, 0.1) is 0 Å². The molecule has 0 fully saturated rings. The van der Waals surface area contributed by atoms with Crippen molar-refractivity contribution in [2.45, 2.75) is 0 Å². The number of nitrogens with one attached hydrogen (secondary N) is 1. The summed E-state index contributed by atoms with van der Waals surface area (Å²) in [5.74, 6) is -1.75. The molecule has 0 atom stereocenters. The number of benzene rings is 1. The number of halogens is 2. The molecule has 6 heteroatoms. The fourth-order valence-electron chi connectivity index (χ4n) is 0.905. The highest BCUT2D eigenvalue weighted by molar-refractivity contribution is 6.42. The van der Waals surface area contributed by atoms with Crippen molar-refractivity contribution in [2.75, 3.05) is 5.32 Å². The predicted molar refractivity (Wildman–Crippen MR) is 61.9 cm³/mol. The van der Waals surface area contributed by atoms with Crippen molar-refractivity contribution in [3.63, 3.8) is 0 Å². The van der Waals surface area contributed by atoms with Crippen LogP contribution in [0.2, 0.25) is 10.0 Å². The summed E-state index contributed by atoms with van der Waals surface area (Å²) in [7, 11) is 0. The second kappa shape index (κ2) is 5.53. The van der Waals surface area contributed by atoms with Crippen molar-refractivity contribution in [2.24, 2.45) is 0 Å². The molecule has 84 valence electrons. The molecule has 0 saturated heterocycles. The molecule has 2 N–H and O–H groups in total. The first-order valence-corrected chi connectivity index (χ1v) is 4.91. The molecule has 0 aliphatic carbocycles. The third-order valence-electron chi connectivity index (χ3n) is 1.56. The monoisotopic (exact) mass is 259 g/mol. The highest BCUT2D eigenvalue weighted by Crippen LogP contribution is 2.24. The summed E-state index contributed by atoms with van der Waals surface area (Å²) in [5, 5.41) is 11.4. The fourth-order valence-corrected chi connectivity index (χ4v) is 1.20. The van der Waals surface area contributed by atoms with E-state index in [4.69, 9.17) is 28.3 Å². The van der Waals surface area contributed by atoms with Crippen molar-refractivity contribution in [1.29, 1.82) is 0 Å². The summed E-state index contributed by atoms with van der Waals surface area (Å²) in [4.78, 5) is 21.3. The average molecular weight is 260 g/mol. The summed E-state index contributed by atoms with van der Waals surface area (Å²) in [6.45, 7) is 0. The van der Waals surface area contributed by atoms with Crippen molar-refractivity contribution >= 4 is 40.8 Å². The largest absolute Gasteiger partial charge is 0.478 e. The van der Waals surface area contributed by atoms with E-state index in [0.717, 1.165) is 12.2 Å². The van der Waals surface area contributed by atoms with E-state index in [1.54, 1.807) is 6.07 Å². The van der Waals surface area contributed by atoms with Gasteiger partial charge in [-0.2, -0.15) is 0 Å². The maximum atomic E-state index is 11.2. The van der Waals surface area contributed by atoms with E-state index >= 15 is 0 Å². The number of aliphatic carboxylic acids is 1. The zero-order valence-electron chi connectivity index (χ0n) is 7.91. The van der Waals surface area contributed by atoms with Gasteiger partial charge in [0, 0.05) is 17.8 Å². The van der Waals surface area contributed by atoms with Crippen LogP contribution in [0.3, 0.4) is 0 Å². The summed E-state index contributed by atoms with van der Waals surface area (Å²) >= 11 is 11.4. The van der Waals surface area contributed by atoms with E-state index in [0.29, 0.717) is 15.7 Å². The number of carboxylic acid groups (broad SMARTS) is 1. The molecule has 0 aromatic heterocycles. The molecule has 0 bridgehead atoms. The van der Waals surface area contributed by atoms with E-state index in [9.17, 15) is 9.59 Å². The molecule has 0 radical (unpaired) electrons. The van der Waals surface area contributed by atoms with Crippen molar-refractivity contribution in [1.82, 2.24) is 0 Å². The standard InChI is InChI=1S/C10H7Cl2NO3/c11-7-2-1-6(5-8(7)12)13-9(14)3-4-10(15)16/h1-5H,(H,13,14)(H,15,16). The lowest BCUT2D eigenvalue weighted by molar-refractivity contribution is -0.131. The van der Waals surface area contributed by atoms with E-state index in [2.05, 4.69) is 5.32 Å². The quantitative estimate of drug-likeness (QED) is 0.821. The third kappa shape index (κ3) is 3.92. The smallest absolute Gasteiger partial charge is 0.328 e. The van der Waals surface area contributed by atoms with E-state index in [1.165, 1.54) is 12.1 Å². The number of carboxylic acids is 1. The summed E-state index contributed by atoms with van der Waals surface area (Å²) in [6, 6.07) is 4.55. The number of hydrogen-bond acceptors (Lipinski definition) is 2. The van der Waals surface area contributed by atoms with Crippen molar-refractivity contribution < 1.29 is 14.7 Å². The van der Waals surface area contributed by atoms with Gasteiger partial charge in [0.2, 0.25) is 5.91 Å². The molecule has 0 aliphatic heterocycles. The average Bonchev–Trinajstić information content (AvgIpc) is 2.21. The van der Waals surface area contributed by atoms with E-state index in [-0.39, 0.29) is 0 Å². The molecule has 0 unspecified atom stereocenters. The zero-order valence-corrected chi connectivity index (χ0v) is 9.42. The minimum Gasteiger partial charge on any atom is -0.478 e. The molecule has 1 aromatic carbocycles. The van der Waals surface area contributed by atoms with Gasteiger partial charge in [-0.3, -0.25) is 4.79 Å². The highest BCUT2D eigenvalue weighted by atomic mass is 35.5. The van der Waals surface area contributed by atoms with Gasteiger partial charge < -0.3 is 10.4 Å². The first kappa shape index (κ1) is 12.5. The Morgan fingerprint density at radius 3 is 2.44 bits per heavy atom. The Hall–Kier alpha value is -1.52. The van der Waals surface area contributed by atoms with Gasteiger partial charge >= 0.3 is 5.97 Å². The highest BCUT2D eigenvalue weighted by Gasteiger charge is 2.02. The van der Waals surface area contributed by atoms with Crippen LogP contribution in [0.1, 0.15) is 0 Å². The molecule has 0 saturated carbocycles. The molecule has 1 aromatic rings. The lowest BCUT2D eigenvalue weighted by Gasteiger charge is -2.03.